The summed E-state index contributed by atoms with van der Waals surface area (Å²) < 4.78 is 0. The van der Waals surface area contributed by atoms with E-state index in [2.05, 4.69) is 50.7 Å². The number of hydrogen-bond donors (Lipinski definition) is 1. The molecule has 32 heavy (non-hydrogen) atoms. The molecule has 1 saturated heterocycles. The molecule has 1 N–H and O–H groups in total. The number of hydrogen-bond acceptors (Lipinski definition) is 4. The Morgan fingerprint density at radius 2 is 1.47 bits per heavy atom. The summed E-state index contributed by atoms with van der Waals surface area (Å²) in [6.45, 7) is 8.97. The fourth-order valence-corrected chi connectivity index (χ4v) is 3.88. The largest absolute Gasteiger partial charge is 0.369 e. The van der Waals surface area contributed by atoms with Crippen molar-refractivity contribution in [2.45, 2.75) is 20.4 Å². The molecule has 1 heterocycles. The molecule has 0 saturated carbocycles. The minimum atomic E-state index is -0.195. The van der Waals surface area contributed by atoms with Gasteiger partial charge in [-0.25, -0.2) is 5.43 Å². The number of para-hydroxylation sites is 1. The summed E-state index contributed by atoms with van der Waals surface area (Å²) in [5, 5.41) is 4.25. The first-order chi connectivity index (χ1) is 15.6. The van der Waals surface area contributed by atoms with Gasteiger partial charge in [0.15, 0.2) is 0 Å². The van der Waals surface area contributed by atoms with E-state index in [1.807, 2.05) is 62.4 Å². The Kier molecular flexibility index (Phi) is 6.97. The number of benzene rings is 3. The number of nitrogens with zero attached hydrogens (tertiary/aromatic N) is 3. The third-order valence-corrected chi connectivity index (χ3v) is 5.91. The zero-order chi connectivity index (χ0) is 22.3. The normalized spacial score (nSPS) is 14.9. The van der Waals surface area contributed by atoms with Gasteiger partial charge in [0.2, 0.25) is 0 Å². The highest BCUT2D eigenvalue weighted by Gasteiger charge is 2.17. The van der Waals surface area contributed by atoms with Crippen LogP contribution < -0.4 is 10.3 Å². The molecule has 0 aromatic heterocycles. The molecule has 1 aliphatic rings. The van der Waals surface area contributed by atoms with Gasteiger partial charge < -0.3 is 4.90 Å². The van der Waals surface area contributed by atoms with Crippen LogP contribution in [0.2, 0.25) is 0 Å². The Bertz CT molecular complexity index is 1050. The van der Waals surface area contributed by atoms with Gasteiger partial charge in [-0.3, -0.25) is 9.69 Å². The lowest BCUT2D eigenvalue weighted by molar-refractivity contribution is 0.0955. The van der Waals surface area contributed by atoms with E-state index in [0.717, 1.165) is 44.0 Å². The highest BCUT2D eigenvalue weighted by Crippen LogP contribution is 2.17. The van der Waals surface area contributed by atoms with Crippen LogP contribution in [-0.2, 0) is 6.54 Å². The molecule has 0 unspecified atom stereocenters. The van der Waals surface area contributed by atoms with Crippen LogP contribution in [0.3, 0.4) is 0 Å². The molecule has 5 heteroatoms. The number of aryl methyl sites for hydroxylation is 1. The Morgan fingerprint density at radius 1 is 0.844 bits per heavy atom. The van der Waals surface area contributed by atoms with Gasteiger partial charge in [0.25, 0.3) is 5.91 Å². The maximum absolute atomic E-state index is 12.5. The number of amides is 1. The van der Waals surface area contributed by atoms with Gasteiger partial charge in [0.05, 0.1) is 5.71 Å². The lowest BCUT2D eigenvalue weighted by atomic mass is 10.1. The van der Waals surface area contributed by atoms with Gasteiger partial charge in [-0.2, -0.15) is 5.10 Å². The summed E-state index contributed by atoms with van der Waals surface area (Å²) in [7, 11) is 0. The number of carbonyl (C=O) groups excluding carboxylic acids is 1. The number of piperazine rings is 1. The maximum atomic E-state index is 12.5. The molecule has 1 fully saturated rings. The predicted molar refractivity (Wildman–Crippen MR) is 131 cm³/mol. The third kappa shape index (κ3) is 5.62. The minimum absolute atomic E-state index is 0.195. The molecule has 0 radical (unpaired) electrons. The Balaban J connectivity index is 1.28. The molecule has 0 bridgehead atoms. The van der Waals surface area contributed by atoms with Gasteiger partial charge in [-0.1, -0.05) is 60.2 Å². The van der Waals surface area contributed by atoms with Crippen molar-refractivity contribution in [3.8, 4) is 0 Å². The van der Waals surface area contributed by atoms with Gasteiger partial charge in [0.1, 0.15) is 0 Å². The number of rotatable bonds is 6. The Labute approximate surface area is 190 Å². The lowest BCUT2D eigenvalue weighted by Crippen LogP contribution is -2.45. The zero-order valence-electron chi connectivity index (χ0n) is 18.8. The van der Waals surface area contributed by atoms with Crippen molar-refractivity contribution in [2.75, 3.05) is 31.1 Å². The molecule has 3 aromatic rings. The molecule has 164 valence electrons. The van der Waals surface area contributed by atoms with Crippen LogP contribution in [0.15, 0.2) is 84.0 Å². The van der Waals surface area contributed by atoms with Crippen molar-refractivity contribution < 1.29 is 4.79 Å². The first-order valence-corrected chi connectivity index (χ1v) is 11.1. The lowest BCUT2D eigenvalue weighted by Gasteiger charge is -2.36. The summed E-state index contributed by atoms with van der Waals surface area (Å²) in [6, 6.07) is 26.5. The fourth-order valence-electron chi connectivity index (χ4n) is 3.88. The van der Waals surface area contributed by atoms with Gasteiger partial charge in [0, 0.05) is 44.0 Å². The first-order valence-electron chi connectivity index (χ1n) is 11.1. The van der Waals surface area contributed by atoms with Crippen LogP contribution in [0.25, 0.3) is 0 Å². The number of carbonyl (C=O) groups is 1. The standard InChI is InChI=1S/C27H30N4O/c1-21-8-12-24(13-9-21)22(2)28-29-27(32)25-14-10-23(11-15-25)20-30-16-18-31(19-17-30)26-6-4-3-5-7-26/h3-15H,16-20H2,1-2H3,(H,29,32)/b28-22-. The predicted octanol–water partition coefficient (Wildman–Crippen LogP) is 4.47. The number of nitrogens with one attached hydrogen (secondary N) is 1. The van der Waals surface area contributed by atoms with Crippen molar-refractivity contribution in [3.63, 3.8) is 0 Å². The van der Waals surface area contributed by atoms with E-state index in [9.17, 15) is 4.79 Å². The topological polar surface area (TPSA) is 47.9 Å². The second kappa shape index (κ2) is 10.2. The molecule has 3 aromatic carbocycles. The van der Waals surface area contributed by atoms with E-state index < -0.39 is 0 Å². The van der Waals surface area contributed by atoms with E-state index in [0.29, 0.717) is 5.56 Å². The van der Waals surface area contributed by atoms with E-state index in [1.165, 1.54) is 16.8 Å². The average Bonchev–Trinajstić information content (AvgIpc) is 2.84. The molecule has 0 atom stereocenters. The van der Waals surface area contributed by atoms with Crippen molar-refractivity contribution in [1.82, 2.24) is 10.3 Å². The molecular weight excluding hydrogens is 396 g/mol. The highest BCUT2D eigenvalue weighted by atomic mass is 16.2. The van der Waals surface area contributed by atoms with Gasteiger partial charge in [-0.05, 0) is 49.2 Å². The second-order valence-electron chi connectivity index (χ2n) is 8.30. The molecule has 4 rings (SSSR count). The van der Waals surface area contributed by atoms with E-state index in [-0.39, 0.29) is 5.91 Å². The van der Waals surface area contributed by atoms with E-state index in [1.54, 1.807) is 0 Å². The van der Waals surface area contributed by atoms with Crippen LogP contribution >= 0.6 is 0 Å². The fraction of sp³-hybridized carbons (Fsp3) is 0.259. The Hall–Kier alpha value is -3.44. The van der Waals surface area contributed by atoms with E-state index >= 15 is 0 Å². The van der Waals surface area contributed by atoms with Crippen LogP contribution in [0.1, 0.15) is 34.0 Å². The summed E-state index contributed by atoms with van der Waals surface area (Å²) in [6.07, 6.45) is 0. The van der Waals surface area contributed by atoms with Crippen molar-refractivity contribution in [1.29, 1.82) is 0 Å². The summed E-state index contributed by atoms with van der Waals surface area (Å²) in [5.41, 5.74) is 8.77. The molecule has 1 aliphatic heterocycles. The Morgan fingerprint density at radius 3 is 2.12 bits per heavy atom. The quantitative estimate of drug-likeness (QED) is 0.467. The number of anilines is 1. The van der Waals surface area contributed by atoms with Crippen molar-refractivity contribution in [3.05, 3.63) is 101 Å². The minimum Gasteiger partial charge on any atom is -0.369 e. The van der Waals surface area contributed by atoms with Gasteiger partial charge in [-0.15, -0.1) is 0 Å². The monoisotopic (exact) mass is 426 g/mol. The number of hydrazone groups is 1. The van der Waals surface area contributed by atoms with Crippen LogP contribution in [0, 0.1) is 6.92 Å². The van der Waals surface area contributed by atoms with E-state index in [4.69, 9.17) is 0 Å². The zero-order valence-corrected chi connectivity index (χ0v) is 18.8. The summed E-state index contributed by atoms with van der Waals surface area (Å²) in [5.74, 6) is -0.195. The first kappa shape index (κ1) is 21.8. The molecule has 0 aliphatic carbocycles. The second-order valence-corrected chi connectivity index (χ2v) is 8.30. The summed E-state index contributed by atoms with van der Waals surface area (Å²) >= 11 is 0. The van der Waals surface area contributed by atoms with Crippen LogP contribution in [-0.4, -0.2) is 42.7 Å². The molecule has 1 amide bonds. The molecule has 5 nitrogen and oxygen atoms in total. The van der Waals surface area contributed by atoms with Crippen molar-refractivity contribution >= 4 is 17.3 Å². The van der Waals surface area contributed by atoms with Crippen LogP contribution in [0.5, 0.6) is 0 Å². The summed E-state index contributed by atoms with van der Waals surface area (Å²) in [4.78, 5) is 17.4. The average molecular weight is 427 g/mol. The third-order valence-electron chi connectivity index (χ3n) is 5.91. The SMILES string of the molecule is C/C(=N/NC(=O)c1ccc(CN2CCN(c3ccccc3)CC2)cc1)c1ccc(C)cc1. The molecular formula is C27H30N4O. The van der Waals surface area contributed by atoms with Gasteiger partial charge >= 0.3 is 0 Å². The maximum Gasteiger partial charge on any atom is 0.271 e. The van der Waals surface area contributed by atoms with Crippen LogP contribution in [0.4, 0.5) is 5.69 Å². The van der Waals surface area contributed by atoms with Crippen molar-refractivity contribution in [2.24, 2.45) is 5.10 Å². The molecule has 0 spiro atoms. The highest BCUT2D eigenvalue weighted by molar-refractivity contribution is 6.00. The smallest absolute Gasteiger partial charge is 0.271 e.